The van der Waals surface area contributed by atoms with Crippen LogP contribution >= 0.6 is 34.7 Å². The van der Waals surface area contributed by atoms with E-state index in [0.717, 1.165) is 33.7 Å². The van der Waals surface area contributed by atoms with E-state index < -0.39 is 0 Å². The van der Waals surface area contributed by atoms with Crippen LogP contribution in [0.3, 0.4) is 0 Å². The van der Waals surface area contributed by atoms with Crippen molar-refractivity contribution in [2.45, 2.75) is 23.8 Å². The number of amides is 1. The van der Waals surface area contributed by atoms with E-state index in [0.29, 0.717) is 29.4 Å². The highest BCUT2D eigenvalue weighted by Crippen LogP contribution is 2.28. The van der Waals surface area contributed by atoms with Gasteiger partial charge in [-0.25, -0.2) is 4.98 Å². The quantitative estimate of drug-likeness (QED) is 0.210. The molecule has 0 saturated heterocycles. The van der Waals surface area contributed by atoms with Gasteiger partial charge in [-0.3, -0.25) is 9.36 Å². The van der Waals surface area contributed by atoms with Crippen LogP contribution in [0.4, 0.5) is 0 Å². The number of thioether (sulfide) groups is 1. The van der Waals surface area contributed by atoms with E-state index in [1.54, 1.807) is 5.38 Å². The van der Waals surface area contributed by atoms with E-state index in [9.17, 15) is 4.79 Å². The lowest BCUT2D eigenvalue weighted by Crippen LogP contribution is -2.26. The lowest BCUT2D eigenvalue weighted by Gasteiger charge is -2.10. The molecule has 0 unspecified atom stereocenters. The van der Waals surface area contributed by atoms with Crippen molar-refractivity contribution in [1.82, 2.24) is 25.1 Å². The molecule has 0 bridgehead atoms. The zero-order chi connectivity index (χ0) is 25.5. The van der Waals surface area contributed by atoms with Crippen molar-refractivity contribution >= 4 is 40.6 Å². The molecule has 1 amide bonds. The number of halogens is 1. The highest BCUT2D eigenvalue weighted by Gasteiger charge is 2.17. The van der Waals surface area contributed by atoms with Crippen LogP contribution < -0.4 is 5.32 Å². The molecule has 186 valence electrons. The Bertz CT molecular complexity index is 1470. The Balaban J connectivity index is 1.26. The van der Waals surface area contributed by atoms with Crippen LogP contribution in [-0.4, -0.2) is 32.2 Å². The molecule has 2 heterocycles. The maximum absolute atomic E-state index is 12.6. The predicted molar refractivity (Wildman–Crippen MR) is 150 cm³/mol. The lowest BCUT2D eigenvalue weighted by atomic mass is 10.1. The smallest absolute Gasteiger partial charge is 0.270 e. The second-order valence-corrected chi connectivity index (χ2v) is 10.6. The number of carbonyl (C=O) groups excluding carboxylic acids is 1. The van der Waals surface area contributed by atoms with Gasteiger partial charge in [-0.2, -0.15) is 0 Å². The third-order valence-electron chi connectivity index (χ3n) is 5.62. The standard InChI is InChI=1S/C28H24ClN5OS2/c29-22-12-7-13-23(17-22)34-25(16-21-10-5-2-6-11-21)32-33-28(34)37-19-26-31-24(18-36-26)27(35)30-15-14-20-8-3-1-4-9-20/h1-13,17-18H,14-16,19H2,(H,30,35). The molecular weight excluding hydrogens is 522 g/mol. The van der Waals surface area contributed by atoms with Crippen molar-refractivity contribution in [2.75, 3.05) is 6.54 Å². The first-order valence-corrected chi connectivity index (χ1v) is 14.0. The molecule has 5 aromatic rings. The number of hydrogen-bond acceptors (Lipinski definition) is 6. The SMILES string of the molecule is O=C(NCCc1ccccc1)c1csc(CSc2nnc(Cc3ccccc3)n2-c2cccc(Cl)c2)n1. The van der Waals surface area contributed by atoms with Crippen LogP contribution in [0.1, 0.15) is 32.4 Å². The number of carbonyl (C=O) groups is 1. The van der Waals surface area contributed by atoms with Gasteiger partial charge in [0.15, 0.2) is 5.16 Å². The third-order valence-corrected chi connectivity index (χ3v) is 7.83. The number of hydrogen-bond donors (Lipinski definition) is 1. The van der Waals surface area contributed by atoms with Gasteiger partial charge >= 0.3 is 0 Å². The summed E-state index contributed by atoms with van der Waals surface area (Å²) in [6, 6.07) is 27.9. The molecule has 1 N–H and O–H groups in total. The van der Waals surface area contributed by atoms with Crippen LogP contribution in [-0.2, 0) is 18.6 Å². The van der Waals surface area contributed by atoms with Crippen molar-refractivity contribution in [3.63, 3.8) is 0 Å². The minimum Gasteiger partial charge on any atom is -0.350 e. The molecule has 0 aliphatic heterocycles. The maximum Gasteiger partial charge on any atom is 0.270 e. The van der Waals surface area contributed by atoms with E-state index in [4.69, 9.17) is 11.6 Å². The molecule has 0 atom stereocenters. The van der Waals surface area contributed by atoms with Gasteiger partial charge in [0.2, 0.25) is 0 Å². The number of aromatic nitrogens is 4. The van der Waals surface area contributed by atoms with Crippen molar-refractivity contribution in [2.24, 2.45) is 0 Å². The van der Waals surface area contributed by atoms with Crippen LogP contribution in [0, 0.1) is 0 Å². The summed E-state index contributed by atoms with van der Waals surface area (Å²) in [5, 5.41) is 16.0. The van der Waals surface area contributed by atoms with E-state index in [2.05, 4.69) is 44.8 Å². The minimum atomic E-state index is -0.157. The zero-order valence-corrected chi connectivity index (χ0v) is 22.3. The summed E-state index contributed by atoms with van der Waals surface area (Å²) in [5.74, 6) is 1.25. The van der Waals surface area contributed by atoms with Gasteiger partial charge in [0.1, 0.15) is 16.5 Å². The van der Waals surface area contributed by atoms with Gasteiger partial charge in [-0.05, 0) is 35.7 Å². The van der Waals surface area contributed by atoms with Crippen molar-refractivity contribution in [3.8, 4) is 5.69 Å². The molecule has 5 rings (SSSR count). The van der Waals surface area contributed by atoms with Crippen LogP contribution in [0.5, 0.6) is 0 Å². The molecule has 0 radical (unpaired) electrons. The van der Waals surface area contributed by atoms with Gasteiger partial charge < -0.3 is 5.32 Å². The zero-order valence-electron chi connectivity index (χ0n) is 19.9. The summed E-state index contributed by atoms with van der Waals surface area (Å²) >= 11 is 9.30. The molecule has 0 spiro atoms. The molecule has 2 aromatic heterocycles. The first kappa shape index (κ1) is 25.2. The monoisotopic (exact) mass is 545 g/mol. The van der Waals surface area contributed by atoms with Crippen LogP contribution in [0.15, 0.2) is 95.5 Å². The van der Waals surface area contributed by atoms with E-state index >= 15 is 0 Å². The summed E-state index contributed by atoms with van der Waals surface area (Å²) in [5.41, 5.74) is 3.68. The summed E-state index contributed by atoms with van der Waals surface area (Å²) in [7, 11) is 0. The molecule has 3 aromatic carbocycles. The third kappa shape index (κ3) is 6.65. The molecular formula is C28H24ClN5OS2. The fourth-order valence-corrected chi connectivity index (χ4v) is 5.77. The normalized spacial score (nSPS) is 10.9. The predicted octanol–water partition coefficient (Wildman–Crippen LogP) is 6.23. The average Bonchev–Trinajstić information content (AvgIpc) is 3.56. The largest absolute Gasteiger partial charge is 0.350 e. The molecule has 37 heavy (non-hydrogen) atoms. The highest BCUT2D eigenvalue weighted by molar-refractivity contribution is 7.98. The molecule has 6 nitrogen and oxygen atoms in total. The van der Waals surface area contributed by atoms with E-state index in [-0.39, 0.29) is 5.91 Å². The number of thiazole rings is 1. The fourth-order valence-electron chi connectivity index (χ4n) is 3.82. The van der Waals surface area contributed by atoms with Gasteiger partial charge in [0.25, 0.3) is 5.91 Å². The van der Waals surface area contributed by atoms with Crippen LogP contribution in [0.25, 0.3) is 5.69 Å². The first-order valence-electron chi connectivity index (χ1n) is 11.8. The van der Waals surface area contributed by atoms with E-state index in [1.165, 1.54) is 28.7 Å². The Kier molecular flexibility index (Phi) is 8.30. The highest BCUT2D eigenvalue weighted by atomic mass is 35.5. The molecule has 0 saturated carbocycles. The fraction of sp³-hybridized carbons (Fsp3) is 0.143. The molecule has 0 aliphatic rings. The van der Waals surface area contributed by atoms with E-state index in [1.807, 2.05) is 65.2 Å². The summed E-state index contributed by atoms with van der Waals surface area (Å²) in [6.45, 7) is 0.567. The lowest BCUT2D eigenvalue weighted by molar-refractivity contribution is 0.0949. The Morgan fingerprint density at radius 3 is 2.46 bits per heavy atom. The van der Waals surface area contributed by atoms with Crippen molar-refractivity contribution in [1.29, 1.82) is 0 Å². The topological polar surface area (TPSA) is 72.7 Å². The number of nitrogens with one attached hydrogen (secondary N) is 1. The van der Waals surface area contributed by atoms with Crippen molar-refractivity contribution < 1.29 is 4.79 Å². The van der Waals surface area contributed by atoms with Crippen molar-refractivity contribution in [3.05, 3.63) is 123 Å². The molecule has 0 aliphatic carbocycles. The summed E-state index contributed by atoms with van der Waals surface area (Å²) in [4.78, 5) is 17.1. The maximum atomic E-state index is 12.6. The summed E-state index contributed by atoms with van der Waals surface area (Å²) in [6.07, 6.45) is 1.43. The Morgan fingerprint density at radius 2 is 1.70 bits per heavy atom. The number of benzene rings is 3. The second kappa shape index (κ2) is 12.2. The number of rotatable bonds is 10. The van der Waals surface area contributed by atoms with Gasteiger partial charge in [-0.15, -0.1) is 21.5 Å². The van der Waals surface area contributed by atoms with Crippen LogP contribution in [0.2, 0.25) is 5.02 Å². The second-order valence-electron chi connectivity index (χ2n) is 8.28. The minimum absolute atomic E-state index is 0.157. The Labute approximate surface area is 228 Å². The number of nitrogens with zero attached hydrogens (tertiary/aromatic N) is 4. The Morgan fingerprint density at radius 1 is 0.946 bits per heavy atom. The molecule has 9 heteroatoms. The summed E-state index contributed by atoms with van der Waals surface area (Å²) < 4.78 is 2.04. The van der Waals surface area contributed by atoms with Gasteiger partial charge in [0.05, 0.1) is 11.4 Å². The van der Waals surface area contributed by atoms with Gasteiger partial charge in [0, 0.05) is 23.4 Å². The molecule has 0 fully saturated rings. The average molecular weight is 546 g/mol. The van der Waals surface area contributed by atoms with Gasteiger partial charge in [-0.1, -0.05) is 90.1 Å². The first-order chi connectivity index (χ1) is 18.2. The Hall–Kier alpha value is -3.46.